The largest absolute Gasteiger partial charge is 0.335 e. The summed E-state index contributed by atoms with van der Waals surface area (Å²) in [6, 6.07) is 7.49. The summed E-state index contributed by atoms with van der Waals surface area (Å²) in [4.78, 5) is 13.2. The van der Waals surface area contributed by atoms with Crippen LogP contribution in [0, 0.1) is 0 Å². The highest BCUT2D eigenvalue weighted by Crippen LogP contribution is 2.38. The number of carbonyl (C=O) groups is 1. The van der Waals surface area contributed by atoms with Crippen molar-refractivity contribution >= 4 is 16.1 Å². The summed E-state index contributed by atoms with van der Waals surface area (Å²) in [6.07, 6.45) is 4.00. The predicted molar refractivity (Wildman–Crippen MR) is 83.6 cm³/mol. The smallest absolute Gasteiger partial charge is 0.333 e. The van der Waals surface area contributed by atoms with Crippen LogP contribution in [0.25, 0.3) is 0 Å². The molecule has 1 aliphatic carbocycles. The molecule has 2 aromatic rings. The molecule has 0 saturated heterocycles. The average Bonchev–Trinajstić information content (AvgIpc) is 3.25. The van der Waals surface area contributed by atoms with E-state index in [2.05, 4.69) is 15.8 Å². The second kappa shape index (κ2) is 6.01. The molecule has 0 radical (unpaired) electrons. The molecule has 1 saturated carbocycles. The molecule has 1 aromatic carbocycles. The molecule has 1 fully saturated rings. The van der Waals surface area contributed by atoms with Gasteiger partial charge in [0.05, 0.1) is 10.6 Å². The van der Waals surface area contributed by atoms with Crippen molar-refractivity contribution in [3.05, 3.63) is 47.8 Å². The number of aromatic nitrogens is 2. The number of nitrogens with two attached hydrogens (primary N) is 1. The Balaban J connectivity index is 1.51. The first-order valence-electron chi connectivity index (χ1n) is 7.14. The van der Waals surface area contributed by atoms with Gasteiger partial charge in [0.2, 0.25) is 10.0 Å². The molecule has 1 aliphatic rings. The van der Waals surface area contributed by atoms with E-state index in [1.54, 1.807) is 18.3 Å². The summed E-state index contributed by atoms with van der Waals surface area (Å²) in [7, 11) is -3.70. The molecule has 2 amide bonds. The lowest BCUT2D eigenvalue weighted by atomic mass is 10.2. The molecule has 122 valence electrons. The van der Waals surface area contributed by atoms with Gasteiger partial charge in [-0.2, -0.15) is 9.89 Å². The van der Waals surface area contributed by atoms with Crippen LogP contribution in [0.4, 0.5) is 4.79 Å². The Morgan fingerprint density at radius 2 is 1.96 bits per heavy atom. The Kier molecular flexibility index (Phi) is 4.05. The maximum Gasteiger partial charge on any atom is 0.335 e. The summed E-state index contributed by atoms with van der Waals surface area (Å²) in [5.41, 5.74) is 4.34. The Bertz CT molecular complexity index is 809. The molecule has 0 aliphatic heterocycles. The Labute approximate surface area is 133 Å². The molecule has 9 heteroatoms. The normalized spacial score (nSPS) is 14.5. The van der Waals surface area contributed by atoms with E-state index >= 15 is 0 Å². The minimum absolute atomic E-state index is 0.0369. The minimum atomic E-state index is -3.70. The molecule has 0 unspecified atom stereocenters. The van der Waals surface area contributed by atoms with Gasteiger partial charge in [-0.3, -0.25) is 0 Å². The molecule has 0 bridgehead atoms. The van der Waals surface area contributed by atoms with Crippen LogP contribution in [0.15, 0.2) is 41.4 Å². The van der Waals surface area contributed by atoms with Crippen LogP contribution in [-0.4, -0.2) is 24.3 Å². The first-order valence-corrected chi connectivity index (χ1v) is 8.68. The van der Waals surface area contributed by atoms with E-state index in [0.29, 0.717) is 5.92 Å². The van der Waals surface area contributed by atoms with Gasteiger partial charge < -0.3 is 5.32 Å². The average molecular weight is 335 g/mol. The van der Waals surface area contributed by atoms with E-state index in [0.717, 1.165) is 24.1 Å². The third-order valence-electron chi connectivity index (χ3n) is 3.53. The number of urea groups is 1. The van der Waals surface area contributed by atoms with Crippen LogP contribution in [0.1, 0.15) is 30.0 Å². The van der Waals surface area contributed by atoms with Crippen molar-refractivity contribution < 1.29 is 13.2 Å². The van der Waals surface area contributed by atoms with Crippen LogP contribution in [0.3, 0.4) is 0 Å². The first-order chi connectivity index (χ1) is 10.9. The van der Waals surface area contributed by atoms with Crippen molar-refractivity contribution in [1.82, 2.24) is 15.2 Å². The van der Waals surface area contributed by atoms with Gasteiger partial charge in [-0.15, -0.1) is 0 Å². The Morgan fingerprint density at radius 1 is 1.26 bits per heavy atom. The lowest BCUT2D eigenvalue weighted by Gasteiger charge is -2.08. The zero-order valence-electron chi connectivity index (χ0n) is 12.3. The third-order valence-corrected chi connectivity index (χ3v) is 4.46. The SMILES string of the molecule is NS(=O)(=O)c1ccc(CNC(=O)Nn2ccc(C3CC3)n2)cc1. The maximum absolute atomic E-state index is 11.8. The summed E-state index contributed by atoms with van der Waals surface area (Å²) in [6.45, 7) is 0.257. The van der Waals surface area contributed by atoms with Crippen LogP contribution in [0.2, 0.25) is 0 Å². The fourth-order valence-electron chi connectivity index (χ4n) is 2.12. The number of nitrogens with one attached hydrogen (secondary N) is 2. The van der Waals surface area contributed by atoms with Gasteiger partial charge in [0, 0.05) is 18.7 Å². The van der Waals surface area contributed by atoms with Gasteiger partial charge in [0.25, 0.3) is 0 Å². The zero-order chi connectivity index (χ0) is 16.4. The molecule has 1 heterocycles. The minimum Gasteiger partial charge on any atom is -0.333 e. The van der Waals surface area contributed by atoms with Crippen molar-refractivity contribution in [2.75, 3.05) is 5.43 Å². The molecule has 1 aromatic heterocycles. The highest BCUT2D eigenvalue weighted by atomic mass is 32.2. The van der Waals surface area contributed by atoms with Crippen molar-refractivity contribution in [3.8, 4) is 0 Å². The lowest BCUT2D eigenvalue weighted by molar-refractivity contribution is 0.248. The lowest BCUT2D eigenvalue weighted by Crippen LogP contribution is -2.34. The molecule has 0 atom stereocenters. The third kappa shape index (κ3) is 4.08. The second-order valence-corrected chi connectivity index (χ2v) is 7.00. The summed E-state index contributed by atoms with van der Waals surface area (Å²) in [5, 5.41) is 12.0. The molecular weight excluding hydrogens is 318 g/mol. The zero-order valence-corrected chi connectivity index (χ0v) is 13.1. The number of nitrogens with zero attached hydrogens (tertiary/aromatic N) is 2. The number of amides is 2. The van der Waals surface area contributed by atoms with Crippen molar-refractivity contribution in [2.24, 2.45) is 5.14 Å². The summed E-state index contributed by atoms with van der Waals surface area (Å²) >= 11 is 0. The highest BCUT2D eigenvalue weighted by molar-refractivity contribution is 7.89. The van der Waals surface area contributed by atoms with E-state index in [-0.39, 0.29) is 11.4 Å². The molecule has 8 nitrogen and oxygen atoms in total. The number of sulfonamides is 1. The molecular formula is C14H17N5O3S. The van der Waals surface area contributed by atoms with E-state index in [1.807, 2.05) is 6.07 Å². The topological polar surface area (TPSA) is 119 Å². The number of rotatable bonds is 5. The summed E-state index contributed by atoms with van der Waals surface area (Å²) in [5.74, 6) is 0.526. The number of benzene rings is 1. The maximum atomic E-state index is 11.8. The quantitative estimate of drug-likeness (QED) is 0.750. The standard InChI is InChI=1S/C14H17N5O3S/c15-23(21,22)12-5-1-10(2-6-12)9-16-14(20)18-19-8-7-13(17-19)11-3-4-11/h1-2,5-8,11H,3-4,9H2,(H2,15,21,22)(H2,16,18,20). The molecule has 4 N–H and O–H groups in total. The van der Waals surface area contributed by atoms with Gasteiger partial charge in [-0.05, 0) is 36.6 Å². The molecule has 23 heavy (non-hydrogen) atoms. The van der Waals surface area contributed by atoms with E-state index in [4.69, 9.17) is 5.14 Å². The Morgan fingerprint density at radius 3 is 2.57 bits per heavy atom. The van der Waals surface area contributed by atoms with Crippen LogP contribution in [-0.2, 0) is 16.6 Å². The van der Waals surface area contributed by atoms with E-state index in [9.17, 15) is 13.2 Å². The van der Waals surface area contributed by atoms with Crippen molar-refractivity contribution in [3.63, 3.8) is 0 Å². The van der Waals surface area contributed by atoms with Crippen molar-refractivity contribution in [1.29, 1.82) is 0 Å². The number of primary sulfonamides is 1. The molecule has 0 spiro atoms. The summed E-state index contributed by atoms with van der Waals surface area (Å²) < 4.78 is 22.3. The van der Waals surface area contributed by atoms with E-state index in [1.165, 1.54) is 16.9 Å². The fraction of sp³-hybridized carbons (Fsp3) is 0.286. The highest BCUT2D eigenvalue weighted by Gasteiger charge is 2.25. The first kappa shape index (κ1) is 15.5. The molecule has 3 rings (SSSR count). The number of hydrogen-bond donors (Lipinski definition) is 3. The second-order valence-electron chi connectivity index (χ2n) is 5.44. The van der Waals surface area contributed by atoms with Crippen LogP contribution < -0.4 is 15.9 Å². The van der Waals surface area contributed by atoms with Crippen LogP contribution >= 0.6 is 0 Å². The van der Waals surface area contributed by atoms with Gasteiger partial charge in [0.1, 0.15) is 0 Å². The fourth-order valence-corrected chi connectivity index (χ4v) is 2.64. The Hall–Kier alpha value is -2.39. The monoisotopic (exact) mass is 335 g/mol. The van der Waals surface area contributed by atoms with Gasteiger partial charge in [-0.25, -0.2) is 23.8 Å². The van der Waals surface area contributed by atoms with Crippen molar-refractivity contribution in [2.45, 2.75) is 30.2 Å². The van der Waals surface area contributed by atoms with Gasteiger partial charge in [-0.1, -0.05) is 12.1 Å². The van der Waals surface area contributed by atoms with E-state index < -0.39 is 16.1 Å². The number of carbonyl (C=O) groups excluding carboxylic acids is 1. The van der Waals surface area contributed by atoms with Crippen LogP contribution in [0.5, 0.6) is 0 Å². The van der Waals surface area contributed by atoms with Gasteiger partial charge in [0.15, 0.2) is 0 Å². The predicted octanol–water partition coefficient (Wildman–Crippen LogP) is 0.861. The number of hydrogen-bond acceptors (Lipinski definition) is 4. The van der Waals surface area contributed by atoms with Gasteiger partial charge >= 0.3 is 6.03 Å².